The first-order valence-corrected chi connectivity index (χ1v) is 6.46. The summed E-state index contributed by atoms with van der Waals surface area (Å²) in [6, 6.07) is 0.000324. The lowest BCUT2D eigenvalue weighted by atomic mass is 10.0. The van der Waals surface area contributed by atoms with E-state index < -0.39 is 0 Å². The number of nitrogens with zero attached hydrogens (tertiary/aromatic N) is 2. The van der Waals surface area contributed by atoms with Gasteiger partial charge in [0.25, 0.3) is 0 Å². The van der Waals surface area contributed by atoms with E-state index in [4.69, 9.17) is 22.1 Å². The monoisotopic (exact) mass is 257 g/mol. The van der Waals surface area contributed by atoms with Crippen LogP contribution in [0, 0.1) is 6.92 Å². The highest BCUT2D eigenvalue weighted by Gasteiger charge is 2.28. The molecule has 1 aliphatic heterocycles. The van der Waals surface area contributed by atoms with Crippen molar-refractivity contribution in [1.82, 2.24) is 9.78 Å². The Morgan fingerprint density at radius 2 is 2.29 bits per heavy atom. The molecule has 1 aromatic heterocycles. The quantitative estimate of drug-likeness (QED) is 0.899. The Balaban J connectivity index is 2.05. The van der Waals surface area contributed by atoms with Gasteiger partial charge in [0.15, 0.2) is 0 Å². The van der Waals surface area contributed by atoms with E-state index in [9.17, 15) is 0 Å². The van der Waals surface area contributed by atoms with Gasteiger partial charge in [-0.1, -0.05) is 11.6 Å². The van der Waals surface area contributed by atoms with Crippen LogP contribution in [0.4, 0.5) is 0 Å². The molecule has 3 unspecified atom stereocenters. The summed E-state index contributed by atoms with van der Waals surface area (Å²) < 4.78 is 7.48. The first-order valence-electron chi connectivity index (χ1n) is 6.08. The highest BCUT2D eigenvalue weighted by Crippen LogP contribution is 2.25. The second-order valence-corrected chi connectivity index (χ2v) is 5.27. The molecule has 0 spiro atoms. The number of aryl methyl sites for hydroxylation is 2. The minimum absolute atomic E-state index is 0.000324. The average Bonchev–Trinajstić information content (AvgIpc) is 2.79. The van der Waals surface area contributed by atoms with E-state index >= 15 is 0 Å². The standard InChI is InChI=1S/C12H20ClN3O/c1-7-4-5-11(17-7)10(14)6-9-8(2)15-16(3)12(9)13/h7,10-11H,4-6,14H2,1-3H3. The maximum atomic E-state index is 6.20. The van der Waals surface area contributed by atoms with Crippen molar-refractivity contribution in [3.63, 3.8) is 0 Å². The zero-order valence-corrected chi connectivity index (χ0v) is 11.4. The van der Waals surface area contributed by atoms with Crippen LogP contribution in [-0.2, 0) is 18.2 Å². The Morgan fingerprint density at radius 1 is 1.59 bits per heavy atom. The molecule has 1 aliphatic rings. The largest absolute Gasteiger partial charge is 0.374 e. The summed E-state index contributed by atoms with van der Waals surface area (Å²) in [4.78, 5) is 0. The highest BCUT2D eigenvalue weighted by atomic mass is 35.5. The smallest absolute Gasteiger partial charge is 0.130 e. The number of rotatable bonds is 3. The van der Waals surface area contributed by atoms with Crippen molar-refractivity contribution in [2.45, 2.75) is 51.4 Å². The van der Waals surface area contributed by atoms with Crippen LogP contribution >= 0.6 is 11.6 Å². The summed E-state index contributed by atoms with van der Waals surface area (Å²) in [5, 5.41) is 4.98. The van der Waals surface area contributed by atoms with E-state index in [1.807, 2.05) is 14.0 Å². The van der Waals surface area contributed by atoms with Crippen LogP contribution in [0.2, 0.25) is 5.15 Å². The van der Waals surface area contributed by atoms with Gasteiger partial charge in [0.2, 0.25) is 0 Å². The van der Waals surface area contributed by atoms with Crippen molar-refractivity contribution in [2.75, 3.05) is 0 Å². The Kier molecular flexibility index (Phi) is 3.76. The molecule has 2 rings (SSSR count). The summed E-state index contributed by atoms with van der Waals surface area (Å²) >= 11 is 6.20. The van der Waals surface area contributed by atoms with Crippen molar-refractivity contribution in [3.05, 3.63) is 16.4 Å². The number of halogens is 1. The molecule has 1 aromatic rings. The highest BCUT2D eigenvalue weighted by molar-refractivity contribution is 6.30. The maximum Gasteiger partial charge on any atom is 0.130 e. The molecule has 0 bridgehead atoms. The molecule has 2 heterocycles. The van der Waals surface area contributed by atoms with Gasteiger partial charge in [0.05, 0.1) is 17.9 Å². The van der Waals surface area contributed by atoms with Gasteiger partial charge in [-0.05, 0) is 33.1 Å². The minimum atomic E-state index is 0.000324. The molecule has 96 valence electrons. The normalized spacial score (nSPS) is 26.4. The molecule has 0 aromatic carbocycles. The molecule has 4 nitrogen and oxygen atoms in total. The second-order valence-electron chi connectivity index (χ2n) is 4.91. The van der Waals surface area contributed by atoms with Gasteiger partial charge in [-0.25, -0.2) is 0 Å². The zero-order valence-electron chi connectivity index (χ0n) is 10.6. The molecule has 17 heavy (non-hydrogen) atoms. The van der Waals surface area contributed by atoms with Crippen LogP contribution in [0.1, 0.15) is 31.0 Å². The number of hydrogen-bond acceptors (Lipinski definition) is 3. The maximum absolute atomic E-state index is 6.20. The average molecular weight is 258 g/mol. The fourth-order valence-corrected chi connectivity index (χ4v) is 2.67. The number of aromatic nitrogens is 2. The minimum Gasteiger partial charge on any atom is -0.374 e. The van der Waals surface area contributed by atoms with Gasteiger partial charge in [-0.3, -0.25) is 4.68 Å². The SMILES string of the molecule is Cc1nn(C)c(Cl)c1CC(N)C1CCC(C)O1. The van der Waals surface area contributed by atoms with Gasteiger partial charge < -0.3 is 10.5 Å². The zero-order chi connectivity index (χ0) is 12.6. The van der Waals surface area contributed by atoms with E-state index in [0.717, 1.165) is 30.5 Å². The first-order chi connectivity index (χ1) is 7.99. The van der Waals surface area contributed by atoms with Gasteiger partial charge in [0, 0.05) is 18.7 Å². The van der Waals surface area contributed by atoms with Crippen molar-refractivity contribution < 1.29 is 4.74 Å². The molecule has 5 heteroatoms. The second kappa shape index (κ2) is 4.96. The van der Waals surface area contributed by atoms with Crippen molar-refractivity contribution >= 4 is 11.6 Å². The third kappa shape index (κ3) is 2.64. The third-order valence-electron chi connectivity index (χ3n) is 3.45. The van der Waals surface area contributed by atoms with Crippen LogP contribution in [0.5, 0.6) is 0 Å². The number of ether oxygens (including phenoxy) is 1. The molecular weight excluding hydrogens is 238 g/mol. The molecule has 0 amide bonds. The van der Waals surface area contributed by atoms with Crippen LogP contribution in [0.3, 0.4) is 0 Å². The van der Waals surface area contributed by atoms with Gasteiger partial charge >= 0.3 is 0 Å². The van der Waals surface area contributed by atoms with E-state index in [-0.39, 0.29) is 12.1 Å². The van der Waals surface area contributed by atoms with Crippen LogP contribution in [0.25, 0.3) is 0 Å². The predicted octanol–water partition coefficient (Wildman–Crippen LogP) is 1.82. The van der Waals surface area contributed by atoms with Crippen molar-refractivity contribution in [3.8, 4) is 0 Å². The van der Waals surface area contributed by atoms with Crippen LogP contribution in [0.15, 0.2) is 0 Å². The molecule has 1 saturated heterocycles. The Labute approximate surface area is 107 Å². The topological polar surface area (TPSA) is 53.1 Å². The Hall–Kier alpha value is -0.580. The number of nitrogens with two attached hydrogens (primary N) is 1. The van der Waals surface area contributed by atoms with Crippen molar-refractivity contribution in [2.24, 2.45) is 12.8 Å². The van der Waals surface area contributed by atoms with E-state index in [1.54, 1.807) is 4.68 Å². The van der Waals surface area contributed by atoms with Gasteiger partial charge in [-0.2, -0.15) is 5.10 Å². The molecule has 1 fully saturated rings. The summed E-state index contributed by atoms with van der Waals surface area (Å²) in [5.74, 6) is 0. The lowest BCUT2D eigenvalue weighted by molar-refractivity contribution is 0.0404. The van der Waals surface area contributed by atoms with Crippen LogP contribution < -0.4 is 5.73 Å². The lowest BCUT2D eigenvalue weighted by Crippen LogP contribution is -2.36. The first kappa shape index (κ1) is 12.9. The fourth-order valence-electron chi connectivity index (χ4n) is 2.42. The van der Waals surface area contributed by atoms with E-state index in [2.05, 4.69) is 12.0 Å². The van der Waals surface area contributed by atoms with Crippen LogP contribution in [-0.4, -0.2) is 28.0 Å². The van der Waals surface area contributed by atoms with E-state index in [0.29, 0.717) is 11.3 Å². The molecule has 3 atom stereocenters. The molecular formula is C12H20ClN3O. The summed E-state index contributed by atoms with van der Waals surface area (Å²) in [6.07, 6.45) is 3.35. The lowest BCUT2D eigenvalue weighted by Gasteiger charge is -2.19. The third-order valence-corrected chi connectivity index (χ3v) is 3.92. The van der Waals surface area contributed by atoms with Gasteiger partial charge in [-0.15, -0.1) is 0 Å². The van der Waals surface area contributed by atoms with Crippen molar-refractivity contribution in [1.29, 1.82) is 0 Å². The number of hydrogen-bond donors (Lipinski definition) is 1. The molecule has 0 aliphatic carbocycles. The summed E-state index contributed by atoms with van der Waals surface area (Å²) in [7, 11) is 1.85. The summed E-state index contributed by atoms with van der Waals surface area (Å²) in [6.45, 7) is 4.06. The molecule has 2 N–H and O–H groups in total. The molecule has 0 saturated carbocycles. The Morgan fingerprint density at radius 3 is 2.76 bits per heavy atom. The van der Waals surface area contributed by atoms with Gasteiger partial charge in [0.1, 0.15) is 5.15 Å². The van der Waals surface area contributed by atoms with E-state index in [1.165, 1.54) is 0 Å². The molecule has 0 radical (unpaired) electrons. The summed E-state index contributed by atoms with van der Waals surface area (Å²) in [5.41, 5.74) is 8.20. The Bertz CT molecular complexity index is 405. The fraction of sp³-hybridized carbons (Fsp3) is 0.750. The predicted molar refractivity (Wildman–Crippen MR) is 68.2 cm³/mol.